The summed E-state index contributed by atoms with van der Waals surface area (Å²) in [5.41, 5.74) is 6.49. The lowest BCUT2D eigenvalue weighted by atomic mass is 10.2. The van der Waals surface area contributed by atoms with Crippen molar-refractivity contribution in [2.45, 2.75) is 32.7 Å². The number of amides is 1. The Morgan fingerprint density at radius 1 is 1.33 bits per heavy atom. The molecular formula is C15H21N5O. The first-order valence-corrected chi connectivity index (χ1v) is 7.15. The molecule has 1 aromatic heterocycles. The van der Waals surface area contributed by atoms with Crippen LogP contribution in [-0.2, 0) is 4.79 Å². The van der Waals surface area contributed by atoms with Gasteiger partial charge in [-0.25, -0.2) is 4.98 Å². The molecule has 1 aromatic carbocycles. The Balaban J connectivity index is 1.99. The van der Waals surface area contributed by atoms with Gasteiger partial charge >= 0.3 is 0 Å². The van der Waals surface area contributed by atoms with E-state index in [4.69, 9.17) is 5.73 Å². The first-order valence-electron chi connectivity index (χ1n) is 7.15. The molecule has 1 unspecified atom stereocenters. The first kappa shape index (κ1) is 15.0. The minimum Gasteiger partial charge on any atom is -0.369 e. The Hall–Kier alpha value is -2.37. The lowest BCUT2D eigenvalue weighted by Gasteiger charge is -2.12. The molecule has 112 valence electrons. The number of benzene rings is 1. The van der Waals surface area contributed by atoms with Crippen molar-refractivity contribution in [2.24, 2.45) is 0 Å². The van der Waals surface area contributed by atoms with Crippen molar-refractivity contribution in [2.75, 3.05) is 17.6 Å². The van der Waals surface area contributed by atoms with Crippen molar-refractivity contribution in [3.05, 3.63) is 24.3 Å². The molecule has 0 aliphatic carbocycles. The van der Waals surface area contributed by atoms with Gasteiger partial charge in [-0.15, -0.1) is 0 Å². The molecule has 21 heavy (non-hydrogen) atoms. The number of hydrogen-bond donors (Lipinski definition) is 3. The third-order valence-electron chi connectivity index (χ3n) is 3.28. The highest BCUT2D eigenvalue weighted by Crippen LogP contribution is 2.20. The number of anilines is 2. The van der Waals surface area contributed by atoms with Crippen LogP contribution in [0.5, 0.6) is 0 Å². The summed E-state index contributed by atoms with van der Waals surface area (Å²) in [7, 11) is 0. The summed E-state index contributed by atoms with van der Waals surface area (Å²) in [6, 6.07) is 7.83. The fourth-order valence-corrected chi connectivity index (χ4v) is 1.97. The van der Waals surface area contributed by atoms with Gasteiger partial charge in [-0.05, 0) is 25.5 Å². The standard InChI is InChI=1S/C15H21N5O/c1-3-10(2)18-13(21)8-9-17-14-11-6-4-5-7-12(11)19-15(16)20-14/h4-7,10H,3,8-9H2,1-2H3,(H,18,21)(H3,16,17,19,20). The van der Waals surface area contributed by atoms with Crippen molar-refractivity contribution in [1.82, 2.24) is 15.3 Å². The van der Waals surface area contributed by atoms with Crippen LogP contribution < -0.4 is 16.4 Å². The smallest absolute Gasteiger partial charge is 0.222 e. The minimum absolute atomic E-state index is 0.0307. The van der Waals surface area contributed by atoms with Crippen molar-refractivity contribution in [3.8, 4) is 0 Å². The number of nitrogen functional groups attached to an aromatic ring is 1. The van der Waals surface area contributed by atoms with Crippen LogP contribution in [0.2, 0.25) is 0 Å². The van der Waals surface area contributed by atoms with Crippen LogP contribution in [0.25, 0.3) is 10.9 Å². The van der Waals surface area contributed by atoms with Gasteiger partial charge in [-0.2, -0.15) is 4.98 Å². The highest BCUT2D eigenvalue weighted by atomic mass is 16.1. The minimum atomic E-state index is 0.0307. The highest BCUT2D eigenvalue weighted by Gasteiger charge is 2.08. The average molecular weight is 287 g/mol. The largest absolute Gasteiger partial charge is 0.369 e. The number of rotatable bonds is 6. The molecule has 1 atom stereocenters. The quantitative estimate of drug-likeness (QED) is 0.755. The van der Waals surface area contributed by atoms with E-state index in [2.05, 4.69) is 20.6 Å². The molecule has 0 spiro atoms. The van der Waals surface area contributed by atoms with Gasteiger partial charge in [0.25, 0.3) is 0 Å². The predicted octanol–water partition coefficient (Wildman–Crippen LogP) is 1.93. The number of carbonyl (C=O) groups excluding carboxylic acids is 1. The molecule has 0 aliphatic heterocycles. The van der Waals surface area contributed by atoms with E-state index in [1.807, 2.05) is 38.1 Å². The van der Waals surface area contributed by atoms with E-state index in [9.17, 15) is 4.79 Å². The normalized spacial score (nSPS) is 12.1. The van der Waals surface area contributed by atoms with E-state index in [1.165, 1.54) is 0 Å². The molecule has 0 bridgehead atoms. The second kappa shape index (κ2) is 6.88. The van der Waals surface area contributed by atoms with Gasteiger partial charge < -0.3 is 16.4 Å². The SMILES string of the molecule is CCC(C)NC(=O)CCNc1nc(N)nc2ccccc12. The van der Waals surface area contributed by atoms with Gasteiger partial charge in [0, 0.05) is 24.4 Å². The number of nitrogens with one attached hydrogen (secondary N) is 2. The van der Waals surface area contributed by atoms with Gasteiger partial charge in [-0.1, -0.05) is 19.1 Å². The molecule has 2 rings (SSSR count). The second-order valence-electron chi connectivity index (χ2n) is 5.00. The third kappa shape index (κ3) is 4.05. The maximum Gasteiger partial charge on any atom is 0.222 e. The summed E-state index contributed by atoms with van der Waals surface area (Å²) in [5, 5.41) is 6.98. The fourth-order valence-electron chi connectivity index (χ4n) is 1.97. The zero-order chi connectivity index (χ0) is 15.2. The summed E-state index contributed by atoms with van der Waals surface area (Å²) in [6.45, 7) is 4.53. The van der Waals surface area contributed by atoms with Gasteiger partial charge in [-0.3, -0.25) is 4.79 Å². The molecule has 2 aromatic rings. The number of para-hydroxylation sites is 1. The summed E-state index contributed by atoms with van der Waals surface area (Å²) in [5.74, 6) is 0.915. The molecule has 0 radical (unpaired) electrons. The number of aromatic nitrogens is 2. The Kier molecular flexibility index (Phi) is 4.92. The molecule has 6 nitrogen and oxygen atoms in total. The van der Waals surface area contributed by atoms with Crippen LogP contribution in [0.1, 0.15) is 26.7 Å². The first-order chi connectivity index (χ1) is 10.1. The van der Waals surface area contributed by atoms with Crippen LogP contribution in [0.3, 0.4) is 0 Å². The van der Waals surface area contributed by atoms with Gasteiger partial charge in [0.2, 0.25) is 11.9 Å². The number of fused-ring (bicyclic) bond motifs is 1. The van der Waals surface area contributed by atoms with Crippen molar-refractivity contribution < 1.29 is 4.79 Å². The van der Waals surface area contributed by atoms with Gasteiger partial charge in [0.05, 0.1) is 5.52 Å². The maximum absolute atomic E-state index is 11.7. The summed E-state index contributed by atoms with van der Waals surface area (Å²) >= 11 is 0. The van der Waals surface area contributed by atoms with E-state index in [0.717, 1.165) is 17.3 Å². The average Bonchev–Trinajstić information content (AvgIpc) is 2.46. The Morgan fingerprint density at radius 3 is 2.86 bits per heavy atom. The van der Waals surface area contributed by atoms with Gasteiger partial charge in [0.1, 0.15) is 5.82 Å². The van der Waals surface area contributed by atoms with E-state index >= 15 is 0 Å². The fraction of sp³-hybridized carbons (Fsp3) is 0.400. The molecule has 1 heterocycles. The highest BCUT2D eigenvalue weighted by molar-refractivity contribution is 5.90. The Labute approximate surface area is 124 Å². The van der Waals surface area contributed by atoms with E-state index in [1.54, 1.807) is 0 Å². The van der Waals surface area contributed by atoms with E-state index in [0.29, 0.717) is 18.8 Å². The molecule has 1 amide bonds. The lowest BCUT2D eigenvalue weighted by molar-refractivity contribution is -0.121. The zero-order valence-electron chi connectivity index (χ0n) is 12.4. The summed E-state index contributed by atoms with van der Waals surface area (Å²) in [4.78, 5) is 20.1. The van der Waals surface area contributed by atoms with E-state index in [-0.39, 0.29) is 17.9 Å². The molecular weight excluding hydrogens is 266 g/mol. The molecule has 0 aliphatic rings. The van der Waals surface area contributed by atoms with Crippen LogP contribution in [0, 0.1) is 0 Å². The monoisotopic (exact) mass is 287 g/mol. The summed E-state index contributed by atoms with van der Waals surface area (Å²) < 4.78 is 0. The van der Waals surface area contributed by atoms with Gasteiger partial charge in [0.15, 0.2) is 0 Å². The number of nitrogens with two attached hydrogens (primary N) is 1. The number of nitrogens with zero attached hydrogens (tertiary/aromatic N) is 2. The van der Waals surface area contributed by atoms with Crippen LogP contribution in [-0.4, -0.2) is 28.5 Å². The van der Waals surface area contributed by atoms with E-state index < -0.39 is 0 Å². The summed E-state index contributed by atoms with van der Waals surface area (Å²) in [6.07, 6.45) is 1.31. The Morgan fingerprint density at radius 2 is 2.10 bits per heavy atom. The van der Waals surface area contributed by atoms with Crippen molar-refractivity contribution in [1.29, 1.82) is 0 Å². The van der Waals surface area contributed by atoms with Crippen molar-refractivity contribution >= 4 is 28.6 Å². The zero-order valence-corrected chi connectivity index (χ0v) is 12.4. The predicted molar refractivity (Wildman–Crippen MR) is 85.0 cm³/mol. The van der Waals surface area contributed by atoms with Crippen LogP contribution >= 0.6 is 0 Å². The Bertz CT molecular complexity index is 628. The van der Waals surface area contributed by atoms with Crippen molar-refractivity contribution in [3.63, 3.8) is 0 Å². The third-order valence-corrected chi connectivity index (χ3v) is 3.28. The molecule has 6 heteroatoms. The molecule has 4 N–H and O–H groups in total. The molecule has 0 saturated carbocycles. The lowest BCUT2D eigenvalue weighted by Crippen LogP contribution is -2.33. The number of hydrogen-bond acceptors (Lipinski definition) is 5. The van der Waals surface area contributed by atoms with Crippen LogP contribution in [0.15, 0.2) is 24.3 Å². The number of carbonyl (C=O) groups is 1. The maximum atomic E-state index is 11.7. The molecule has 0 saturated heterocycles. The molecule has 0 fully saturated rings. The van der Waals surface area contributed by atoms with Crippen LogP contribution in [0.4, 0.5) is 11.8 Å². The second-order valence-corrected chi connectivity index (χ2v) is 5.00. The topological polar surface area (TPSA) is 92.9 Å².